The molecule has 0 aliphatic heterocycles. The Labute approximate surface area is 269 Å². The summed E-state index contributed by atoms with van der Waals surface area (Å²) >= 11 is 2.94. The molecule has 0 N–H and O–H groups in total. The summed E-state index contributed by atoms with van der Waals surface area (Å²) in [7, 11) is 0. The Kier molecular flexibility index (Phi) is 10.8. The molecule has 0 bridgehead atoms. The molecule has 0 aromatic heterocycles. The quantitative estimate of drug-likeness (QED) is 0.0740. The predicted octanol–water partition coefficient (Wildman–Crippen LogP) is 10.2. The average Bonchev–Trinajstić information content (AvgIpc) is 3.03. The zero-order valence-electron chi connectivity index (χ0n) is 25.6. The Hall–Kier alpha value is -3.61. The molecule has 0 radical (unpaired) electrons. The number of rotatable bonds is 13. The Bertz CT molecular complexity index is 1640. The lowest BCUT2D eigenvalue weighted by Gasteiger charge is -2.22. The van der Waals surface area contributed by atoms with Gasteiger partial charge in [0.25, 0.3) is 0 Å². The number of fused-ring (bicyclic) bond motifs is 2. The first-order chi connectivity index (χ1) is 21.4. The van der Waals surface area contributed by atoms with Crippen LogP contribution in [0, 0.1) is 5.92 Å². The van der Waals surface area contributed by atoms with Gasteiger partial charge in [-0.2, -0.15) is 0 Å². The maximum atomic E-state index is 13.9. The summed E-state index contributed by atoms with van der Waals surface area (Å²) in [6.07, 6.45) is 8.78. The summed E-state index contributed by atoms with van der Waals surface area (Å²) in [5.41, 5.74) is 3.11. The number of carbonyl (C=O) groups is 3. The fourth-order valence-corrected chi connectivity index (χ4v) is 7.20. The minimum Gasteiger partial charge on any atom is -0.426 e. The molecule has 0 unspecified atom stereocenters. The summed E-state index contributed by atoms with van der Waals surface area (Å²) in [5, 5.41) is 0. The highest BCUT2D eigenvalue weighted by atomic mass is 32.2. The van der Waals surface area contributed by atoms with Crippen molar-refractivity contribution in [3.8, 4) is 5.75 Å². The van der Waals surface area contributed by atoms with Crippen molar-refractivity contribution >= 4 is 41.1 Å². The molecule has 4 aromatic rings. The van der Waals surface area contributed by atoms with Crippen LogP contribution in [-0.2, 0) is 11.2 Å². The van der Waals surface area contributed by atoms with Gasteiger partial charge in [0.05, 0.1) is 5.92 Å². The van der Waals surface area contributed by atoms with Gasteiger partial charge in [-0.3, -0.25) is 14.4 Å². The van der Waals surface area contributed by atoms with E-state index >= 15 is 0 Å². The molecule has 0 saturated carbocycles. The maximum absolute atomic E-state index is 13.9. The molecule has 1 aliphatic rings. The van der Waals surface area contributed by atoms with E-state index in [-0.39, 0.29) is 23.5 Å². The predicted molar refractivity (Wildman–Crippen MR) is 178 cm³/mol. The fourth-order valence-electron chi connectivity index (χ4n) is 5.25. The molecule has 4 nitrogen and oxygen atoms in total. The summed E-state index contributed by atoms with van der Waals surface area (Å²) in [6, 6.07) is 26.8. The van der Waals surface area contributed by atoms with Crippen LogP contribution in [0.2, 0.25) is 0 Å². The van der Waals surface area contributed by atoms with Gasteiger partial charge in [0.2, 0.25) is 0 Å². The van der Waals surface area contributed by atoms with Gasteiger partial charge >= 0.3 is 5.97 Å². The molecule has 0 amide bonds. The van der Waals surface area contributed by atoms with E-state index in [9.17, 15) is 14.4 Å². The van der Waals surface area contributed by atoms with E-state index in [1.807, 2.05) is 36.4 Å². The second-order valence-corrected chi connectivity index (χ2v) is 13.7. The molecule has 1 aliphatic carbocycles. The highest BCUT2D eigenvalue weighted by Crippen LogP contribution is 2.41. The number of carbonyl (C=O) groups excluding carboxylic acids is 3. The third kappa shape index (κ3) is 7.54. The first-order valence-electron chi connectivity index (χ1n) is 15.5. The number of unbranched alkanes of at least 4 members (excludes halogenated alkanes) is 5. The van der Waals surface area contributed by atoms with E-state index in [2.05, 4.69) is 31.2 Å². The number of ether oxygens (including phenoxy) is 1. The van der Waals surface area contributed by atoms with Crippen LogP contribution in [-0.4, -0.2) is 17.5 Å². The molecular formula is C38H38O4S2. The Morgan fingerprint density at radius 2 is 1.16 bits per heavy atom. The second-order valence-electron chi connectivity index (χ2n) is 11.4. The molecule has 0 heterocycles. The number of benzene rings is 4. The third-order valence-corrected chi connectivity index (χ3v) is 9.84. The molecule has 5 rings (SSSR count). The van der Waals surface area contributed by atoms with Crippen molar-refractivity contribution in [2.75, 3.05) is 0 Å². The van der Waals surface area contributed by atoms with Crippen LogP contribution >= 0.6 is 23.5 Å². The van der Waals surface area contributed by atoms with E-state index in [0.717, 1.165) is 26.0 Å². The summed E-state index contributed by atoms with van der Waals surface area (Å²) in [5.74, 6) is -0.303. The Morgan fingerprint density at radius 3 is 1.68 bits per heavy atom. The molecule has 44 heavy (non-hydrogen) atoms. The standard InChI is InChI=1S/C38H38O4S2/c1-4-5-6-7-8-9-12-26-17-21-28(22-18-26)43-32-15-10-13-30-34(32)36(39)31-14-11-16-33(35(31)37(30)40)44-29-23-19-27(20-24-29)42-38(41)25(2)3/h10-11,13-25H,4-9,12H2,1-3H3. The van der Waals surface area contributed by atoms with Gasteiger partial charge in [-0.25, -0.2) is 0 Å². The van der Waals surface area contributed by atoms with Gasteiger partial charge < -0.3 is 4.74 Å². The highest BCUT2D eigenvalue weighted by molar-refractivity contribution is 7.99. The number of esters is 1. The minimum absolute atomic E-state index is 0.129. The molecule has 0 spiro atoms. The van der Waals surface area contributed by atoms with E-state index in [1.165, 1.54) is 67.6 Å². The molecule has 0 atom stereocenters. The number of ketones is 2. The van der Waals surface area contributed by atoms with Crippen LogP contribution in [0.25, 0.3) is 0 Å². The smallest absolute Gasteiger partial charge is 0.313 e. The monoisotopic (exact) mass is 622 g/mol. The average molecular weight is 623 g/mol. The lowest BCUT2D eigenvalue weighted by molar-refractivity contribution is -0.137. The maximum Gasteiger partial charge on any atom is 0.313 e. The topological polar surface area (TPSA) is 60.4 Å². The van der Waals surface area contributed by atoms with Crippen molar-refractivity contribution in [1.29, 1.82) is 0 Å². The van der Waals surface area contributed by atoms with E-state index in [0.29, 0.717) is 28.0 Å². The summed E-state index contributed by atoms with van der Waals surface area (Å²) in [6.45, 7) is 5.82. The Morgan fingerprint density at radius 1 is 0.659 bits per heavy atom. The number of hydrogen-bond acceptors (Lipinski definition) is 6. The first kappa shape index (κ1) is 31.8. The van der Waals surface area contributed by atoms with Crippen molar-refractivity contribution in [1.82, 2.24) is 0 Å². The first-order valence-corrected chi connectivity index (χ1v) is 17.1. The van der Waals surface area contributed by atoms with Gasteiger partial charge in [-0.15, -0.1) is 0 Å². The minimum atomic E-state index is -0.289. The molecule has 226 valence electrons. The zero-order chi connectivity index (χ0) is 31.1. The SMILES string of the molecule is CCCCCCCCc1ccc(Sc2cccc3c2C(=O)c2cccc(Sc4ccc(OC(=O)C(C)C)cc4)c2C3=O)cc1. The highest BCUT2D eigenvalue weighted by Gasteiger charge is 2.33. The van der Waals surface area contributed by atoms with Crippen LogP contribution in [0.3, 0.4) is 0 Å². The van der Waals surface area contributed by atoms with Gasteiger partial charge in [-0.05, 0) is 66.9 Å². The second kappa shape index (κ2) is 14.9. The fraction of sp³-hybridized carbons (Fsp3) is 0.289. The largest absolute Gasteiger partial charge is 0.426 e. The van der Waals surface area contributed by atoms with Gasteiger partial charge in [0, 0.05) is 41.8 Å². The van der Waals surface area contributed by atoms with Crippen LogP contribution < -0.4 is 4.74 Å². The summed E-state index contributed by atoms with van der Waals surface area (Å²) in [4.78, 5) is 43.2. The number of hydrogen-bond donors (Lipinski definition) is 0. The van der Waals surface area contributed by atoms with Gasteiger partial charge in [-0.1, -0.05) is 113 Å². The van der Waals surface area contributed by atoms with Gasteiger partial charge in [0.15, 0.2) is 11.6 Å². The van der Waals surface area contributed by atoms with Crippen LogP contribution in [0.15, 0.2) is 105 Å². The molecular weight excluding hydrogens is 585 g/mol. The van der Waals surface area contributed by atoms with Gasteiger partial charge in [0.1, 0.15) is 5.75 Å². The Balaban J connectivity index is 1.31. The lowest BCUT2D eigenvalue weighted by atomic mass is 9.84. The van der Waals surface area contributed by atoms with Crippen molar-refractivity contribution < 1.29 is 19.1 Å². The van der Waals surface area contributed by atoms with E-state index < -0.39 is 0 Å². The van der Waals surface area contributed by atoms with Crippen molar-refractivity contribution in [3.63, 3.8) is 0 Å². The van der Waals surface area contributed by atoms with Crippen LogP contribution in [0.5, 0.6) is 5.75 Å². The van der Waals surface area contributed by atoms with E-state index in [4.69, 9.17) is 4.74 Å². The van der Waals surface area contributed by atoms with Crippen molar-refractivity contribution in [2.24, 2.45) is 5.92 Å². The normalized spacial score (nSPS) is 12.3. The van der Waals surface area contributed by atoms with Crippen LogP contribution in [0.4, 0.5) is 0 Å². The lowest BCUT2D eigenvalue weighted by Crippen LogP contribution is -2.22. The molecule has 0 fully saturated rings. The molecule has 6 heteroatoms. The summed E-state index contributed by atoms with van der Waals surface area (Å²) < 4.78 is 5.38. The van der Waals surface area contributed by atoms with Crippen molar-refractivity contribution in [2.45, 2.75) is 85.3 Å². The molecule has 4 aromatic carbocycles. The third-order valence-electron chi connectivity index (χ3n) is 7.71. The van der Waals surface area contributed by atoms with Crippen LogP contribution in [0.1, 0.15) is 96.7 Å². The zero-order valence-corrected chi connectivity index (χ0v) is 27.2. The molecule has 0 saturated heterocycles. The number of aryl methyl sites for hydroxylation is 1. The van der Waals surface area contributed by atoms with E-state index in [1.54, 1.807) is 38.1 Å². The van der Waals surface area contributed by atoms with Crippen molar-refractivity contribution in [3.05, 3.63) is 113 Å².